The van der Waals surface area contributed by atoms with Gasteiger partial charge in [-0.3, -0.25) is 0 Å². The molecule has 0 spiro atoms. The average Bonchev–Trinajstić information content (AvgIpc) is 1.99. The molecule has 0 aromatic carbocycles. The highest BCUT2D eigenvalue weighted by Crippen LogP contribution is 2.18. The molecule has 0 aromatic rings. The zero-order valence-corrected chi connectivity index (χ0v) is 5.45. The summed E-state index contributed by atoms with van der Waals surface area (Å²) in [7, 11) is 0. The lowest BCUT2D eigenvalue weighted by atomic mass is 10.1. The molecule has 2 atom stereocenters. The van der Waals surface area contributed by atoms with E-state index < -0.39 is 0 Å². The molecular formula is C7H8O3. The molecule has 2 aliphatic heterocycles. The van der Waals surface area contributed by atoms with Gasteiger partial charge in [-0.25, -0.2) is 4.79 Å². The van der Waals surface area contributed by atoms with Gasteiger partial charge < -0.3 is 9.47 Å². The number of cyclic esters (lactones) is 1. The maximum Gasteiger partial charge on any atom is 0.335 e. The van der Waals surface area contributed by atoms with Crippen LogP contribution in [0, 0.1) is 0 Å². The van der Waals surface area contributed by atoms with Crippen LogP contribution in [0.15, 0.2) is 12.2 Å². The first-order valence-electron chi connectivity index (χ1n) is 3.35. The summed E-state index contributed by atoms with van der Waals surface area (Å²) in [6.45, 7) is 0.381. The Morgan fingerprint density at radius 2 is 2.50 bits per heavy atom. The van der Waals surface area contributed by atoms with Crippen LogP contribution in [-0.2, 0) is 14.3 Å². The van der Waals surface area contributed by atoms with E-state index in [1.54, 1.807) is 0 Å². The Balaban J connectivity index is 2.18. The van der Waals surface area contributed by atoms with E-state index in [1.807, 2.05) is 12.2 Å². The molecular weight excluding hydrogens is 132 g/mol. The number of hydrogen-bond donors (Lipinski definition) is 0. The molecule has 0 amide bonds. The lowest BCUT2D eigenvalue weighted by Gasteiger charge is -2.29. The molecule has 2 rings (SSSR count). The van der Waals surface area contributed by atoms with Gasteiger partial charge in [-0.1, -0.05) is 12.2 Å². The van der Waals surface area contributed by atoms with Gasteiger partial charge >= 0.3 is 5.97 Å². The number of esters is 1. The normalized spacial score (nSPS) is 37.4. The number of ether oxygens (including phenoxy) is 2. The molecule has 0 saturated carbocycles. The molecule has 3 nitrogen and oxygen atoms in total. The fourth-order valence-corrected chi connectivity index (χ4v) is 1.17. The molecule has 2 bridgehead atoms. The number of carbonyl (C=O) groups excluding carboxylic acids is 1. The van der Waals surface area contributed by atoms with Crippen molar-refractivity contribution in [1.82, 2.24) is 0 Å². The second-order valence-corrected chi connectivity index (χ2v) is 2.46. The van der Waals surface area contributed by atoms with Crippen LogP contribution in [0.4, 0.5) is 0 Å². The monoisotopic (exact) mass is 140 g/mol. The van der Waals surface area contributed by atoms with Gasteiger partial charge in [0.05, 0.1) is 0 Å². The Labute approximate surface area is 58.6 Å². The molecule has 0 aromatic heterocycles. The molecule has 2 aliphatic rings. The standard InChI is InChI=1S/C7H8O3/c8-7-6-3-1-2-5(10-6)4-9-7/h1-2,5-6H,3-4H2/t5-,6+/m0/s1. The van der Waals surface area contributed by atoms with Crippen molar-refractivity contribution in [2.24, 2.45) is 0 Å². The van der Waals surface area contributed by atoms with E-state index in [1.165, 1.54) is 0 Å². The summed E-state index contributed by atoms with van der Waals surface area (Å²) in [6, 6.07) is 0. The van der Waals surface area contributed by atoms with Gasteiger partial charge in [0.15, 0.2) is 6.10 Å². The molecule has 3 heteroatoms. The quantitative estimate of drug-likeness (QED) is 0.357. The first-order valence-corrected chi connectivity index (χ1v) is 3.35. The Morgan fingerprint density at radius 1 is 1.60 bits per heavy atom. The summed E-state index contributed by atoms with van der Waals surface area (Å²) in [5, 5.41) is 0. The molecule has 1 fully saturated rings. The van der Waals surface area contributed by atoms with Crippen LogP contribution >= 0.6 is 0 Å². The summed E-state index contributed by atoms with van der Waals surface area (Å²) in [6.07, 6.45) is 4.25. The highest BCUT2D eigenvalue weighted by Gasteiger charge is 2.31. The highest BCUT2D eigenvalue weighted by molar-refractivity contribution is 5.75. The fourth-order valence-electron chi connectivity index (χ4n) is 1.17. The summed E-state index contributed by atoms with van der Waals surface area (Å²) in [5.74, 6) is -0.222. The molecule has 0 unspecified atom stereocenters. The largest absolute Gasteiger partial charge is 0.461 e. The first kappa shape index (κ1) is 5.92. The predicted octanol–water partition coefficient (Wildman–Crippen LogP) is 0.257. The van der Waals surface area contributed by atoms with Crippen LogP contribution in [0.3, 0.4) is 0 Å². The van der Waals surface area contributed by atoms with Crippen molar-refractivity contribution in [2.45, 2.75) is 18.6 Å². The SMILES string of the molecule is O=C1OC[C@@H]2C=CC[C@H]1O2. The Morgan fingerprint density at radius 3 is 3.30 bits per heavy atom. The van der Waals surface area contributed by atoms with Gasteiger partial charge in [-0.05, 0) is 0 Å². The Kier molecular flexibility index (Phi) is 1.24. The van der Waals surface area contributed by atoms with Gasteiger partial charge in [-0.15, -0.1) is 0 Å². The predicted molar refractivity (Wildman–Crippen MR) is 33.4 cm³/mol. The van der Waals surface area contributed by atoms with E-state index >= 15 is 0 Å². The van der Waals surface area contributed by atoms with Crippen LogP contribution in [0.2, 0.25) is 0 Å². The van der Waals surface area contributed by atoms with Gasteiger partial charge in [0.2, 0.25) is 0 Å². The summed E-state index contributed by atoms with van der Waals surface area (Å²) in [5.41, 5.74) is 0. The van der Waals surface area contributed by atoms with E-state index in [0.717, 1.165) is 0 Å². The van der Waals surface area contributed by atoms with Crippen molar-refractivity contribution in [3.63, 3.8) is 0 Å². The summed E-state index contributed by atoms with van der Waals surface area (Å²) in [4.78, 5) is 10.8. The van der Waals surface area contributed by atoms with Crippen LogP contribution in [0.25, 0.3) is 0 Å². The van der Waals surface area contributed by atoms with Gasteiger partial charge in [0.1, 0.15) is 12.7 Å². The molecule has 0 aliphatic carbocycles. The molecule has 0 radical (unpaired) electrons. The van der Waals surface area contributed by atoms with Crippen molar-refractivity contribution in [1.29, 1.82) is 0 Å². The van der Waals surface area contributed by atoms with Crippen LogP contribution < -0.4 is 0 Å². The van der Waals surface area contributed by atoms with Crippen LogP contribution in [0.1, 0.15) is 6.42 Å². The van der Waals surface area contributed by atoms with Crippen LogP contribution in [0.5, 0.6) is 0 Å². The third-order valence-electron chi connectivity index (χ3n) is 1.69. The van der Waals surface area contributed by atoms with E-state index in [0.29, 0.717) is 13.0 Å². The van der Waals surface area contributed by atoms with E-state index in [-0.39, 0.29) is 18.2 Å². The highest BCUT2D eigenvalue weighted by atomic mass is 16.6. The van der Waals surface area contributed by atoms with E-state index in [9.17, 15) is 4.79 Å². The minimum atomic E-state index is -0.330. The number of hydrogen-bond acceptors (Lipinski definition) is 3. The lowest BCUT2D eigenvalue weighted by molar-refractivity contribution is -0.179. The van der Waals surface area contributed by atoms with Gasteiger partial charge in [0, 0.05) is 6.42 Å². The minimum Gasteiger partial charge on any atom is -0.461 e. The van der Waals surface area contributed by atoms with E-state index in [2.05, 4.69) is 0 Å². The third kappa shape index (κ3) is 0.827. The number of fused-ring (bicyclic) bond motifs is 2. The topological polar surface area (TPSA) is 35.5 Å². The molecule has 0 N–H and O–H groups in total. The zero-order valence-electron chi connectivity index (χ0n) is 5.45. The number of rotatable bonds is 0. The van der Waals surface area contributed by atoms with Crippen molar-refractivity contribution in [2.75, 3.05) is 6.61 Å². The second-order valence-electron chi connectivity index (χ2n) is 2.46. The van der Waals surface area contributed by atoms with Crippen molar-refractivity contribution in [3.8, 4) is 0 Å². The molecule has 54 valence electrons. The smallest absolute Gasteiger partial charge is 0.335 e. The Hall–Kier alpha value is -0.830. The van der Waals surface area contributed by atoms with Gasteiger partial charge in [-0.2, -0.15) is 0 Å². The van der Waals surface area contributed by atoms with Gasteiger partial charge in [0.25, 0.3) is 0 Å². The molecule has 1 saturated heterocycles. The fraction of sp³-hybridized carbons (Fsp3) is 0.571. The molecule has 10 heavy (non-hydrogen) atoms. The minimum absolute atomic E-state index is 0.0106. The third-order valence-corrected chi connectivity index (χ3v) is 1.69. The zero-order chi connectivity index (χ0) is 6.97. The van der Waals surface area contributed by atoms with Crippen molar-refractivity contribution >= 4 is 5.97 Å². The Bertz CT molecular complexity index is 185. The summed E-state index contributed by atoms with van der Waals surface area (Å²) < 4.78 is 10.1. The maximum atomic E-state index is 10.8. The second kappa shape index (κ2) is 2.09. The first-order chi connectivity index (χ1) is 4.86. The number of carbonyl (C=O) groups is 1. The van der Waals surface area contributed by atoms with Crippen molar-refractivity contribution < 1.29 is 14.3 Å². The van der Waals surface area contributed by atoms with Crippen molar-refractivity contribution in [3.05, 3.63) is 12.2 Å². The van der Waals surface area contributed by atoms with E-state index in [4.69, 9.17) is 9.47 Å². The summed E-state index contributed by atoms with van der Waals surface area (Å²) >= 11 is 0. The molecule has 2 heterocycles. The maximum absolute atomic E-state index is 10.8. The van der Waals surface area contributed by atoms with Crippen LogP contribution in [-0.4, -0.2) is 24.8 Å². The average molecular weight is 140 g/mol. The lowest BCUT2D eigenvalue weighted by Crippen LogP contribution is -2.41.